The summed E-state index contributed by atoms with van der Waals surface area (Å²) in [6.07, 6.45) is 0. The van der Waals surface area contributed by atoms with E-state index in [0.29, 0.717) is 11.4 Å². The zero-order valence-electron chi connectivity index (χ0n) is 10.4. The molecule has 0 aliphatic carbocycles. The van der Waals surface area contributed by atoms with Crippen molar-refractivity contribution in [1.29, 1.82) is 0 Å². The van der Waals surface area contributed by atoms with Crippen molar-refractivity contribution in [2.24, 2.45) is 7.05 Å². The van der Waals surface area contributed by atoms with Crippen LogP contribution in [0, 0.1) is 6.92 Å². The number of nitrogen functional groups attached to an aromatic ring is 1. The Morgan fingerprint density at radius 1 is 1.32 bits per heavy atom. The summed E-state index contributed by atoms with van der Waals surface area (Å²) in [7, 11) is -2.05. The lowest BCUT2D eigenvalue weighted by Crippen LogP contribution is -2.16. The smallest absolute Gasteiger partial charge is 0.263 e. The standard InChI is InChI=1S/C11H13BrN4O2S/c1-7-10(13)11(16(2)14-7)15-19(17,18)9-5-3-8(12)4-6-9/h3-6,15H,13H2,1-2H3. The number of hydrogen-bond donors (Lipinski definition) is 2. The summed E-state index contributed by atoms with van der Waals surface area (Å²) in [5, 5.41) is 4.06. The van der Waals surface area contributed by atoms with E-state index in [1.807, 2.05) is 0 Å². The van der Waals surface area contributed by atoms with Gasteiger partial charge in [-0.2, -0.15) is 5.10 Å². The van der Waals surface area contributed by atoms with Crippen LogP contribution in [0.25, 0.3) is 0 Å². The van der Waals surface area contributed by atoms with Crippen LogP contribution in [-0.4, -0.2) is 18.2 Å². The van der Waals surface area contributed by atoms with Gasteiger partial charge in [-0.05, 0) is 31.2 Å². The van der Waals surface area contributed by atoms with Crippen molar-refractivity contribution in [2.75, 3.05) is 10.5 Å². The van der Waals surface area contributed by atoms with E-state index >= 15 is 0 Å². The molecule has 6 nitrogen and oxygen atoms in total. The molecule has 102 valence electrons. The van der Waals surface area contributed by atoms with Crippen LogP contribution < -0.4 is 10.5 Å². The van der Waals surface area contributed by atoms with Crippen molar-refractivity contribution >= 4 is 37.5 Å². The number of rotatable bonds is 3. The fourth-order valence-corrected chi connectivity index (χ4v) is 2.97. The van der Waals surface area contributed by atoms with E-state index in [2.05, 4.69) is 25.8 Å². The zero-order chi connectivity index (χ0) is 14.2. The van der Waals surface area contributed by atoms with Gasteiger partial charge in [0.2, 0.25) is 0 Å². The average Bonchev–Trinajstić information content (AvgIpc) is 2.56. The fraction of sp³-hybridized carbons (Fsp3) is 0.182. The van der Waals surface area contributed by atoms with E-state index in [0.717, 1.165) is 4.47 Å². The molecule has 3 N–H and O–H groups in total. The molecule has 0 fully saturated rings. The molecule has 0 bridgehead atoms. The second kappa shape index (κ2) is 4.86. The Labute approximate surface area is 119 Å². The van der Waals surface area contributed by atoms with Crippen LogP contribution in [0.4, 0.5) is 11.5 Å². The highest BCUT2D eigenvalue weighted by Crippen LogP contribution is 2.24. The highest BCUT2D eigenvalue weighted by molar-refractivity contribution is 9.10. The van der Waals surface area contributed by atoms with Gasteiger partial charge in [0.25, 0.3) is 10.0 Å². The second-order valence-electron chi connectivity index (χ2n) is 4.03. The maximum Gasteiger partial charge on any atom is 0.263 e. The molecule has 0 saturated carbocycles. The highest BCUT2D eigenvalue weighted by atomic mass is 79.9. The molecular weight excluding hydrogens is 332 g/mol. The van der Waals surface area contributed by atoms with Crippen LogP contribution in [0.2, 0.25) is 0 Å². The Morgan fingerprint density at radius 3 is 2.37 bits per heavy atom. The molecule has 0 unspecified atom stereocenters. The van der Waals surface area contributed by atoms with E-state index in [4.69, 9.17) is 5.73 Å². The van der Waals surface area contributed by atoms with Gasteiger partial charge >= 0.3 is 0 Å². The molecule has 0 aliphatic heterocycles. The van der Waals surface area contributed by atoms with Gasteiger partial charge in [0, 0.05) is 11.5 Å². The monoisotopic (exact) mass is 344 g/mol. The first-order valence-corrected chi connectivity index (χ1v) is 7.66. The predicted octanol–water partition coefficient (Wildman–Crippen LogP) is 1.87. The first-order chi connectivity index (χ1) is 8.81. The van der Waals surface area contributed by atoms with E-state index in [1.165, 1.54) is 16.8 Å². The molecular formula is C11H13BrN4O2S. The van der Waals surface area contributed by atoms with Gasteiger partial charge in [0.1, 0.15) is 0 Å². The molecule has 0 spiro atoms. The minimum Gasteiger partial charge on any atom is -0.394 e. The van der Waals surface area contributed by atoms with Crippen LogP contribution in [-0.2, 0) is 17.1 Å². The van der Waals surface area contributed by atoms with Crippen molar-refractivity contribution in [3.8, 4) is 0 Å². The molecule has 0 aliphatic rings. The Kier molecular flexibility index (Phi) is 3.55. The van der Waals surface area contributed by atoms with Gasteiger partial charge < -0.3 is 5.73 Å². The number of nitrogens with two attached hydrogens (primary N) is 1. The summed E-state index contributed by atoms with van der Waals surface area (Å²) < 4.78 is 29.1. The van der Waals surface area contributed by atoms with E-state index in [9.17, 15) is 8.42 Å². The van der Waals surface area contributed by atoms with Gasteiger partial charge in [0.15, 0.2) is 5.82 Å². The predicted molar refractivity (Wildman–Crippen MR) is 77.3 cm³/mol. The van der Waals surface area contributed by atoms with Gasteiger partial charge in [-0.3, -0.25) is 4.72 Å². The van der Waals surface area contributed by atoms with Crippen LogP contribution >= 0.6 is 15.9 Å². The third-order valence-electron chi connectivity index (χ3n) is 2.62. The molecule has 1 heterocycles. The van der Waals surface area contributed by atoms with E-state index in [1.54, 1.807) is 26.1 Å². The minimum atomic E-state index is -3.67. The number of hydrogen-bond acceptors (Lipinski definition) is 4. The van der Waals surface area contributed by atoms with Crippen molar-refractivity contribution < 1.29 is 8.42 Å². The highest BCUT2D eigenvalue weighted by Gasteiger charge is 2.19. The molecule has 0 saturated heterocycles. The van der Waals surface area contributed by atoms with Crippen molar-refractivity contribution in [1.82, 2.24) is 9.78 Å². The van der Waals surface area contributed by atoms with E-state index < -0.39 is 10.0 Å². The second-order valence-corrected chi connectivity index (χ2v) is 6.63. The number of benzene rings is 1. The van der Waals surface area contributed by atoms with Gasteiger partial charge in [-0.15, -0.1) is 0 Å². The molecule has 0 atom stereocenters. The number of nitrogens with zero attached hydrogens (tertiary/aromatic N) is 2. The summed E-state index contributed by atoms with van der Waals surface area (Å²) in [4.78, 5) is 0.161. The Hall–Kier alpha value is -1.54. The first-order valence-electron chi connectivity index (χ1n) is 5.39. The summed E-state index contributed by atoms with van der Waals surface area (Å²) in [6.45, 7) is 1.72. The lowest BCUT2D eigenvalue weighted by Gasteiger charge is -2.09. The molecule has 2 rings (SSSR count). The summed E-state index contributed by atoms with van der Waals surface area (Å²) in [6, 6.07) is 6.33. The van der Waals surface area contributed by atoms with Crippen LogP contribution in [0.15, 0.2) is 33.6 Å². The molecule has 19 heavy (non-hydrogen) atoms. The number of aryl methyl sites for hydroxylation is 2. The molecule has 8 heteroatoms. The van der Waals surface area contributed by atoms with Crippen LogP contribution in [0.5, 0.6) is 0 Å². The quantitative estimate of drug-likeness (QED) is 0.889. The van der Waals surface area contributed by atoms with Crippen molar-refractivity contribution in [2.45, 2.75) is 11.8 Å². The third kappa shape index (κ3) is 2.74. The number of sulfonamides is 1. The molecule has 1 aromatic carbocycles. The summed E-state index contributed by atoms with van der Waals surface area (Å²) in [5.41, 5.74) is 6.70. The lowest BCUT2D eigenvalue weighted by molar-refractivity contribution is 0.600. The molecule has 1 aromatic heterocycles. The summed E-state index contributed by atoms with van der Waals surface area (Å²) in [5.74, 6) is 0.264. The number of anilines is 2. The van der Waals surface area contributed by atoms with Crippen LogP contribution in [0.3, 0.4) is 0 Å². The number of aromatic nitrogens is 2. The molecule has 0 radical (unpaired) electrons. The largest absolute Gasteiger partial charge is 0.394 e. The first kappa shape index (κ1) is 13.9. The minimum absolute atomic E-state index is 0.161. The average molecular weight is 345 g/mol. The zero-order valence-corrected chi connectivity index (χ0v) is 12.8. The third-order valence-corrected chi connectivity index (χ3v) is 4.51. The van der Waals surface area contributed by atoms with E-state index in [-0.39, 0.29) is 10.7 Å². The lowest BCUT2D eigenvalue weighted by atomic mass is 10.4. The number of halogens is 1. The maximum absolute atomic E-state index is 12.2. The SMILES string of the molecule is Cc1nn(C)c(NS(=O)(=O)c2ccc(Br)cc2)c1N. The van der Waals surface area contributed by atoms with Crippen LogP contribution in [0.1, 0.15) is 5.69 Å². The molecule has 0 amide bonds. The normalized spacial score (nSPS) is 11.5. The van der Waals surface area contributed by atoms with Gasteiger partial charge in [-0.1, -0.05) is 15.9 Å². The maximum atomic E-state index is 12.2. The Balaban J connectivity index is 2.39. The fourth-order valence-electron chi connectivity index (χ4n) is 1.60. The Morgan fingerprint density at radius 2 is 1.89 bits per heavy atom. The molecule has 2 aromatic rings. The Bertz CT molecular complexity index is 707. The van der Waals surface area contributed by atoms with Gasteiger partial charge in [-0.25, -0.2) is 13.1 Å². The topological polar surface area (TPSA) is 90.0 Å². The van der Waals surface area contributed by atoms with Gasteiger partial charge in [0.05, 0.1) is 16.3 Å². The van der Waals surface area contributed by atoms with Crippen molar-refractivity contribution in [3.63, 3.8) is 0 Å². The number of nitrogens with one attached hydrogen (secondary N) is 1. The summed E-state index contributed by atoms with van der Waals surface area (Å²) >= 11 is 3.26. The van der Waals surface area contributed by atoms with Crippen molar-refractivity contribution in [3.05, 3.63) is 34.4 Å².